The topological polar surface area (TPSA) is 30.7 Å². The summed E-state index contributed by atoms with van der Waals surface area (Å²) in [5.74, 6) is 5.32. The second kappa shape index (κ2) is 3.22. The second-order valence-corrected chi connectivity index (χ2v) is 5.76. The zero-order chi connectivity index (χ0) is 10.7. The maximum absolute atomic E-state index is 5.94. The van der Waals surface area contributed by atoms with E-state index in [1.807, 2.05) is 0 Å². The third-order valence-corrected chi connectivity index (χ3v) is 4.77. The van der Waals surface area contributed by atoms with Gasteiger partial charge in [0.15, 0.2) is 0 Å². The number of nitrogens with zero attached hydrogens (tertiary/aromatic N) is 3. The van der Waals surface area contributed by atoms with E-state index >= 15 is 0 Å². The first kappa shape index (κ1) is 9.46. The zero-order valence-corrected chi connectivity index (χ0v) is 10.0. The highest BCUT2D eigenvalue weighted by Gasteiger charge is 2.56. The first-order chi connectivity index (χ1) is 7.90. The van der Waals surface area contributed by atoms with Crippen LogP contribution in [0.1, 0.15) is 55.7 Å². The van der Waals surface area contributed by atoms with Crippen LogP contribution in [0, 0.1) is 11.8 Å². The Bertz CT molecular complexity index is 414. The average molecular weight is 238 g/mol. The maximum Gasteiger partial charge on any atom is 0.148 e. The number of fused-ring (bicyclic) bond motifs is 1. The van der Waals surface area contributed by atoms with E-state index in [2.05, 4.69) is 14.8 Å². The number of halogens is 1. The molecule has 3 nitrogen and oxygen atoms in total. The largest absolute Gasteiger partial charge is 0.311 e. The lowest BCUT2D eigenvalue weighted by molar-refractivity contribution is 0.599. The molecule has 3 fully saturated rings. The van der Waals surface area contributed by atoms with Crippen molar-refractivity contribution in [2.75, 3.05) is 0 Å². The third-order valence-electron chi connectivity index (χ3n) is 4.53. The van der Waals surface area contributed by atoms with Crippen LogP contribution in [0.2, 0.25) is 0 Å². The fraction of sp³-hybridized carbons (Fsp3) is 0.833. The number of hydrogen-bond acceptors (Lipinski definition) is 2. The van der Waals surface area contributed by atoms with Gasteiger partial charge in [0.1, 0.15) is 11.6 Å². The Balaban J connectivity index is 1.70. The minimum atomic E-state index is 0.506. The summed E-state index contributed by atoms with van der Waals surface area (Å²) in [6.07, 6.45) is 6.81. The molecule has 0 radical (unpaired) electrons. The minimum absolute atomic E-state index is 0.506. The molecule has 4 rings (SSSR count). The SMILES string of the molecule is ClCc1nnc(C2C3CCCC32)n1C1CC1. The van der Waals surface area contributed by atoms with Crippen LogP contribution in [0.4, 0.5) is 0 Å². The zero-order valence-electron chi connectivity index (χ0n) is 9.27. The van der Waals surface area contributed by atoms with Gasteiger partial charge in [0.2, 0.25) is 0 Å². The highest BCUT2D eigenvalue weighted by molar-refractivity contribution is 6.16. The average Bonchev–Trinajstić information content (AvgIpc) is 3.17. The quantitative estimate of drug-likeness (QED) is 0.757. The van der Waals surface area contributed by atoms with Crippen molar-refractivity contribution in [1.29, 1.82) is 0 Å². The molecule has 1 heterocycles. The van der Waals surface area contributed by atoms with Crippen molar-refractivity contribution < 1.29 is 0 Å². The minimum Gasteiger partial charge on any atom is -0.311 e. The predicted octanol–water partition coefficient (Wildman–Crippen LogP) is 2.87. The van der Waals surface area contributed by atoms with Crippen LogP contribution < -0.4 is 0 Å². The maximum atomic E-state index is 5.94. The molecular weight excluding hydrogens is 222 g/mol. The molecule has 3 aliphatic carbocycles. The van der Waals surface area contributed by atoms with Crippen molar-refractivity contribution in [3.8, 4) is 0 Å². The van der Waals surface area contributed by atoms with Gasteiger partial charge in [0.05, 0.1) is 5.88 Å². The summed E-state index contributed by atoms with van der Waals surface area (Å²) >= 11 is 5.94. The molecule has 0 spiro atoms. The lowest BCUT2D eigenvalue weighted by Gasteiger charge is -2.08. The normalized spacial score (nSPS) is 36.4. The fourth-order valence-electron chi connectivity index (χ4n) is 3.59. The Kier molecular flexibility index (Phi) is 1.90. The molecule has 0 amide bonds. The number of hydrogen-bond donors (Lipinski definition) is 0. The molecule has 2 unspecified atom stereocenters. The Labute approximate surface area is 100 Å². The van der Waals surface area contributed by atoms with E-state index in [9.17, 15) is 0 Å². The summed E-state index contributed by atoms with van der Waals surface area (Å²) < 4.78 is 2.36. The smallest absolute Gasteiger partial charge is 0.148 e. The van der Waals surface area contributed by atoms with Gasteiger partial charge in [-0.15, -0.1) is 21.8 Å². The molecule has 2 atom stereocenters. The number of aromatic nitrogens is 3. The van der Waals surface area contributed by atoms with E-state index in [0.717, 1.165) is 23.6 Å². The molecule has 0 saturated heterocycles. The van der Waals surface area contributed by atoms with Gasteiger partial charge in [0.25, 0.3) is 0 Å². The summed E-state index contributed by atoms with van der Waals surface area (Å²) in [6, 6.07) is 0.667. The first-order valence-electron chi connectivity index (χ1n) is 6.40. The van der Waals surface area contributed by atoms with Gasteiger partial charge in [-0.3, -0.25) is 0 Å². The highest BCUT2D eigenvalue weighted by Crippen LogP contribution is 2.63. The summed E-state index contributed by atoms with van der Waals surface area (Å²) in [5.41, 5.74) is 0. The van der Waals surface area contributed by atoms with Crippen LogP contribution in [0.15, 0.2) is 0 Å². The summed E-state index contributed by atoms with van der Waals surface area (Å²) in [7, 11) is 0. The van der Waals surface area contributed by atoms with Crippen molar-refractivity contribution in [3.63, 3.8) is 0 Å². The lowest BCUT2D eigenvalue weighted by Crippen LogP contribution is -2.05. The van der Waals surface area contributed by atoms with Gasteiger partial charge in [-0.2, -0.15) is 0 Å². The number of rotatable bonds is 3. The van der Waals surface area contributed by atoms with Crippen molar-refractivity contribution in [3.05, 3.63) is 11.6 Å². The highest BCUT2D eigenvalue weighted by atomic mass is 35.5. The number of alkyl halides is 1. The van der Waals surface area contributed by atoms with E-state index in [0.29, 0.717) is 11.9 Å². The monoisotopic (exact) mass is 237 g/mol. The van der Waals surface area contributed by atoms with Crippen LogP contribution in [0.3, 0.4) is 0 Å². The summed E-state index contributed by atoms with van der Waals surface area (Å²) in [6.45, 7) is 0. The second-order valence-electron chi connectivity index (χ2n) is 5.49. The first-order valence-corrected chi connectivity index (χ1v) is 6.93. The molecule has 1 aromatic rings. The Morgan fingerprint density at radius 1 is 1.12 bits per heavy atom. The summed E-state index contributed by atoms with van der Waals surface area (Å²) in [5, 5.41) is 8.69. The van der Waals surface area contributed by atoms with Gasteiger partial charge < -0.3 is 4.57 Å². The van der Waals surface area contributed by atoms with E-state index < -0.39 is 0 Å². The lowest BCUT2D eigenvalue weighted by atomic mass is 10.1. The van der Waals surface area contributed by atoms with Crippen LogP contribution in [-0.2, 0) is 5.88 Å². The molecule has 16 heavy (non-hydrogen) atoms. The molecule has 0 bridgehead atoms. The van der Waals surface area contributed by atoms with E-state index in [4.69, 9.17) is 11.6 Å². The molecule has 1 aromatic heterocycles. The Morgan fingerprint density at radius 3 is 2.50 bits per heavy atom. The van der Waals surface area contributed by atoms with E-state index in [1.165, 1.54) is 37.9 Å². The van der Waals surface area contributed by atoms with Crippen LogP contribution >= 0.6 is 11.6 Å². The van der Waals surface area contributed by atoms with Gasteiger partial charge in [0, 0.05) is 12.0 Å². The van der Waals surface area contributed by atoms with Crippen LogP contribution in [0.5, 0.6) is 0 Å². The van der Waals surface area contributed by atoms with Gasteiger partial charge >= 0.3 is 0 Å². The summed E-state index contributed by atoms with van der Waals surface area (Å²) in [4.78, 5) is 0. The van der Waals surface area contributed by atoms with Crippen molar-refractivity contribution in [2.24, 2.45) is 11.8 Å². The fourth-order valence-corrected chi connectivity index (χ4v) is 3.77. The molecule has 0 N–H and O–H groups in total. The molecule has 3 aliphatic rings. The van der Waals surface area contributed by atoms with E-state index in [1.54, 1.807) is 0 Å². The van der Waals surface area contributed by atoms with E-state index in [-0.39, 0.29) is 0 Å². The third kappa shape index (κ3) is 1.21. The van der Waals surface area contributed by atoms with Crippen molar-refractivity contribution >= 4 is 11.6 Å². The van der Waals surface area contributed by atoms with Crippen LogP contribution in [0.25, 0.3) is 0 Å². The molecular formula is C12H16ClN3. The molecule has 0 aromatic carbocycles. The van der Waals surface area contributed by atoms with Crippen molar-refractivity contribution in [2.45, 2.75) is 49.9 Å². The van der Waals surface area contributed by atoms with Crippen LogP contribution in [-0.4, -0.2) is 14.8 Å². The molecule has 0 aliphatic heterocycles. The Morgan fingerprint density at radius 2 is 1.88 bits per heavy atom. The Hall–Kier alpha value is -0.570. The van der Waals surface area contributed by atoms with Gasteiger partial charge in [-0.25, -0.2) is 0 Å². The standard InChI is InChI=1S/C12H16ClN3/c13-6-10-14-15-12(16(10)7-4-5-7)11-8-2-1-3-9(8)11/h7-9,11H,1-6H2. The predicted molar refractivity (Wildman–Crippen MR) is 61.4 cm³/mol. The molecule has 86 valence electrons. The van der Waals surface area contributed by atoms with Crippen molar-refractivity contribution in [1.82, 2.24) is 14.8 Å². The van der Waals surface area contributed by atoms with Gasteiger partial charge in [-0.05, 0) is 37.5 Å². The molecule has 3 saturated carbocycles. The molecule has 4 heteroatoms. The van der Waals surface area contributed by atoms with Gasteiger partial charge in [-0.1, -0.05) is 6.42 Å².